The lowest BCUT2D eigenvalue weighted by molar-refractivity contribution is -0.141. The standard InChI is InChI=1S/C23H22F3N3O2/c24-23(25,26)17-7-4-8-27-20(17)28-11-15-9-14-10-16(15)19-18(14)21(30)29(22(19)31)12-13-5-2-1-3-6-13/h1-8,14-16,18-19H,9-12H2,(H,27,28)/t14-,15+,16-,18?,19?/m1/s1. The van der Waals surface area contributed by atoms with Gasteiger partial charge in [-0.15, -0.1) is 0 Å². The number of alkyl halides is 3. The highest BCUT2D eigenvalue weighted by atomic mass is 19.4. The number of anilines is 1. The number of rotatable bonds is 5. The number of halogens is 3. The molecule has 1 saturated heterocycles. The molecule has 1 aromatic carbocycles. The van der Waals surface area contributed by atoms with Crippen LogP contribution >= 0.6 is 0 Å². The predicted molar refractivity (Wildman–Crippen MR) is 106 cm³/mol. The van der Waals surface area contributed by atoms with Gasteiger partial charge in [-0.05, 0) is 48.3 Å². The summed E-state index contributed by atoms with van der Waals surface area (Å²) < 4.78 is 39.7. The van der Waals surface area contributed by atoms with Crippen LogP contribution in [0.4, 0.5) is 19.0 Å². The first-order valence-electron chi connectivity index (χ1n) is 10.5. The molecule has 1 aromatic heterocycles. The molecule has 31 heavy (non-hydrogen) atoms. The molecule has 1 N–H and O–H groups in total. The van der Waals surface area contributed by atoms with Crippen molar-refractivity contribution in [3.63, 3.8) is 0 Å². The summed E-state index contributed by atoms with van der Waals surface area (Å²) in [5.74, 6) is -0.878. The first-order chi connectivity index (χ1) is 14.8. The van der Waals surface area contributed by atoms with E-state index in [0.29, 0.717) is 6.54 Å². The number of hydrogen-bond acceptors (Lipinski definition) is 4. The fourth-order valence-corrected chi connectivity index (χ4v) is 5.81. The zero-order valence-corrected chi connectivity index (χ0v) is 16.7. The summed E-state index contributed by atoms with van der Waals surface area (Å²) in [6.45, 7) is 0.585. The highest BCUT2D eigenvalue weighted by molar-refractivity contribution is 6.06. The van der Waals surface area contributed by atoms with E-state index in [1.165, 1.54) is 17.2 Å². The third-order valence-electron chi connectivity index (χ3n) is 7.07. The topological polar surface area (TPSA) is 62.3 Å². The van der Waals surface area contributed by atoms with E-state index in [2.05, 4.69) is 10.3 Å². The largest absolute Gasteiger partial charge is 0.419 e. The number of carbonyl (C=O) groups is 2. The molecule has 2 unspecified atom stereocenters. The molecule has 5 nitrogen and oxygen atoms in total. The molecule has 5 atom stereocenters. The highest BCUT2D eigenvalue weighted by Crippen LogP contribution is 2.58. The van der Waals surface area contributed by atoms with Crippen LogP contribution in [0.5, 0.6) is 0 Å². The smallest absolute Gasteiger partial charge is 0.369 e. The summed E-state index contributed by atoms with van der Waals surface area (Å²) in [7, 11) is 0. The first-order valence-corrected chi connectivity index (χ1v) is 10.5. The van der Waals surface area contributed by atoms with E-state index in [9.17, 15) is 22.8 Å². The molecule has 2 heterocycles. The number of aromatic nitrogens is 1. The molecule has 1 aliphatic heterocycles. The van der Waals surface area contributed by atoms with E-state index in [-0.39, 0.29) is 53.8 Å². The van der Waals surface area contributed by atoms with Gasteiger partial charge in [0.15, 0.2) is 0 Å². The lowest BCUT2D eigenvalue weighted by Crippen LogP contribution is -2.34. The van der Waals surface area contributed by atoms with Crippen molar-refractivity contribution in [3.8, 4) is 0 Å². The summed E-state index contributed by atoms with van der Waals surface area (Å²) in [6.07, 6.45) is -1.63. The lowest BCUT2D eigenvalue weighted by Gasteiger charge is -2.29. The molecule has 0 spiro atoms. The van der Waals surface area contributed by atoms with Crippen molar-refractivity contribution in [1.82, 2.24) is 9.88 Å². The van der Waals surface area contributed by atoms with Crippen molar-refractivity contribution in [3.05, 3.63) is 59.8 Å². The Kier molecular flexibility index (Phi) is 4.75. The number of fused-ring (bicyclic) bond motifs is 5. The number of nitrogens with one attached hydrogen (secondary N) is 1. The normalized spacial score (nSPS) is 29.5. The van der Waals surface area contributed by atoms with Crippen molar-refractivity contribution in [2.24, 2.45) is 29.6 Å². The van der Waals surface area contributed by atoms with Crippen LogP contribution in [-0.2, 0) is 22.3 Å². The van der Waals surface area contributed by atoms with E-state index >= 15 is 0 Å². The Hall–Kier alpha value is -2.90. The van der Waals surface area contributed by atoms with Crippen molar-refractivity contribution in [2.45, 2.75) is 25.6 Å². The summed E-state index contributed by atoms with van der Waals surface area (Å²) in [5.41, 5.74) is 0.113. The van der Waals surface area contributed by atoms with Gasteiger partial charge < -0.3 is 5.32 Å². The molecule has 2 amide bonds. The maximum atomic E-state index is 13.2. The van der Waals surface area contributed by atoms with E-state index in [1.54, 1.807) is 0 Å². The predicted octanol–water partition coefficient (Wildman–Crippen LogP) is 3.97. The number of benzene rings is 1. The third kappa shape index (κ3) is 3.38. The van der Waals surface area contributed by atoms with Crippen molar-refractivity contribution < 1.29 is 22.8 Å². The van der Waals surface area contributed by atoms with Gasteiger partial charge in [0.1, 0.15) is 5.82 Å². The minimum atomic E-state index is -4.48. The zero-order chi connectivity index (χ0) is 21.8. The molecule has 3 aliphatic rings. The van der Waals surface area contributed by atoms with Gasteiger partial charge in [0.25, 0.3) is 0 Å². The second-order valence-electron chi connectivity index (χ2n) is 8.73. The third-order valence-corrected chi connectivity index (χ3v) is 7.07. The van der Waals surface area contributed by atoms with E-state index in [4.69, 9.17) is 0 Å². The van der Waals surface area contributed by atoms with E-state index < -0.39 is 11.7 Å². The van der Waals surface area contributed by atoms with Crippen LogP contribution in [0.2, 0.25) is 0 Å². The Balaban J connectivity index is 1.29. The number of likely N-dealkylation sites (tertiary alicyclic amines) is 1. The van der Waals surface area contributed by atoms with Gasteiger partial charge in [0.2, 0.25) is 11.8 Å². The van der Waals surface area contributed by atoms with Gasteiger partial charge in [-0.2, -0.15) is 13.2 Å². The average Bonchev–Trinajstić information content (AvgIpc) is 3.40. The van der Waals surface area contributed by atoms with Crippen LogP contribution in [0.15, 0.2) is 48.7 Å². The number of hydrogen-bond donors (Lipinski definition) is 1. The average molecular weight is 429 g/mol. The molecule has 5 rings (SSSR count). The van der Waals surface area contributed by atoms with Crippen LogP contribution in [0, 0.1) is 29.6 Å². The molecule has 0 radical (unpaired) electrons. The molecule has 2 bridgehead atoms. The van der Waals surface area contributed by atoms with Crippen LogP contribution in [0.25, 0.3) is 0 Å². The molecule has 2 aliphatic carbocycles. The number of imide groups is 1. The van der Waals surface area contributed by atoms with Gasteiger partial charge in [0.05, 0.1) is 23.9 Å². The van der Waals surface area contributed by atoms with Crippen molar-refractivity contribution in [2.75, 3.05) is 11.9 Å². The van der Waals surface area contributed by atoms with Gasteiger partial charge >= 0.3 is 6.18 Å². The summed E-state index contributed by atoms with van der Waals surface area (Å²) in [5, 5.41) is 2.86. The SMILES string of the molecule is O=C1C2C(C(=O)N1Cc1ccccc1)[C@@H]1C[C@H]2C[C@H]1CNc1ncccc1C(F)(F)F. The minimum absolute atomic E-state index is 0.0118. The monoisotopic (exact) mass is 429 g/mol. The van der Waals surface area contributed by atoms with Gasteiger partial charge in [0, 0.05) is 12.7 Å². The van der Waals surface area contributed by atoms with Gasteiger partial charge in [-0.1, -0.05) is 30.3 Å². The molecule has 2 aromatic rings. The Morgan fingerprint density at radius 1 is 1.00 bits per heavy atom. The Labute approximate surface area is 177 Å². The van der Waals surface area contributed by atoms with Crippen LogP contribution in [0.1, 0.15) is 24.0 Å². The fraction of sp³-hybridized carbons (Fsp3) is 0.435. The minimum Gasteiger partial charge on any atom is -0.369 e. The molecular formula is C23H22F3N3O2. The summed E-state index contributed by atoms with van der Waals surface area (Å²) in [4.78, 5) is 31.3. The zero-order valence-electron chi connectivity index (χ0n) is 16.7. The van der Waals surface area contributed by atoms with Crippen LogP contribution in [-0.4, -0.2) is 28.2 Å². The second kappa shape index (κ2) is 7.35. The van der Waals surface area contributed by atoms with Gasteiger partial charge in [-0.3, -0.25) is 14.5 Å². The number of amides is 2. The lowest BCUT2D eigenvalue weighted by atomic mass is 9.75. The first kappa shape index (κ1) is 20.0. The molecule has 2 saturated carbocycles. The Morgan fingerprint density at radius 2 is 1.74 bits per heavy atom. The van der Waals surface area contributed by atoms with Crippen LogP contribution < -0.4 is 5.32 Å². The fourth-order valence-electron chi connectivity index (χ4n) is 5.81. The Bertz CT molecular complexity index is 1010. The quantitative estimate of drug-likeness (QED) is 0.731. The molecular weight excluding hydrogens is 407 g/mol. The van der Waals surface area contributed by atoms with E-state index in [0.717, 1.165) is 24.5 Å². The maximum absolute atomic E-state index is 13.2. The van der Waals surface area contributed by atoms with Crippen molar-refractivity contribution in [1.29, 1.82) is 0 Å². The molecule has 3 fully saturated rings. The number of carbonyl (C=O) groups excluding carboxylic acids is 2. The number of nitrogens with zero attached hydrogens (tertiary/aromatic N) is 2. The second-order valence-corrected chi connectivity index (χ2v) is 8.73. The Morgan fingerprint density at radius 3 is 2.48 bits per heavy atom. The molecule has 8 heteroatoms. The summed E-state index contributed by atoms with van der Waals surface area (Å²) >= 11 is 0. The molecule has 162 valence electrons. The summed E-state index contributed by atoms with van der Waals surface area (Å²) in [6, 6.07) is 11.7. The van der Waals surface area contributed by atoms with Crippen molar-refractivity contribution >= 4 is 17.6 Å². The van der Waals surface area contributed by atoms with E-state index in [1.807, 2.05) is 30.3 Å². The van der Waals surface area contributed by atoms with Crippen LogP contribution in [0.3, 0.4) is 0 Å². The highest BCUT2D eigenvalue weighted by Gasteiger charge is 2.63. The maximum Gasteiger partial charge on any atom is 0.419 e. The number of pyridine rings is 1. The van der Waals surface area contributed by atoms with Gasteiger partial charge in [-0.25, -0.2) is 4.98 Å².